The number of thioether (sulfide) groups is 2. The molecule has 2 rings (SSSR count). The highest BCUT2D eigenvalue weighted by molar-refractivity contribution is 8.13. The fourth-order valence-electron chi connectivity index (χ4n) is 2.05. The number of ether oxygens (including phenoxy) is 1. The van der Waals surface area contributed by atoms with Crippen LogP contribution in [0.1, 0.15) is 11.1 Å². The van der Waals surface area contributed by atoms with Gasteiger partial charge >= 0.3 is 0 Å². The molecule has 2 aromatic carbocycles. The third-order valence-corrected chi connectivity index (χ3v) is 6.00. The van der Waals surface area contributed by atoms with Crippen molar-refractivity contribution in [2.24, 2.45) is 11.5 Å². The van der Waals surface area contributed by atoms with Gasteiger partial charge in [0.2, 0.25) is 0 Å². The Morgan fingerprint density at radius 1 is 0.920 bits per heavy atom. The van der Waals surface area contributed by atoms with E-state index in [-0.39, 0.29) is 10.3 Å². The molecule has 0 aliphatic heterocycles. The molecule has 0 aliphatic rings. The summed E-state index contributed by atoms with van der Waals surface area (Å²) in [5.41, 5.74) is 13.1. The lowest BCUT2D eigenvalue weighted by atomic mass is 10.2. The molecule has 0 aromatic heterocycles. The number of amidine groups is 2. The van der Waals surface area contributed by atoms with Gasteiger partial charge in [-0.05, 0) is 35.4 Å². The van der Waals surface area contributed by atoms with Crippen LogP contribution < -0.4 is 16.2 Å². The molecule has 25 heavy (non-hydrogen) atoms. The van der Waals surface area contributed by atoms with Gasteiger partial charge in [0.25, 0.3) is 0 Å². The summed E-state index contributed by atoms with van der Waals surface area (Å²) in [5.74, 6) is 2.05. The first-order chi connectivity index (χ1) is 12.0. The van der Waals surface area contributed by atoms with E-state index < -0.39 is 0 Å². The lowest BCUT2D eigenvalue weighted by Gasteiger charge is -2.13. The van der Waals surface area contributed by atoms with Crippen LogP contribution >= 0.6 is 35.3 Å². The number of hydrogen-bond acceptors (Lipinski definition) is 6. The summed E-state index contributed by atoms with van der Waals surface area (Å²) in [7, 11) is 1.64. The van der Waals surface area contributed by atoms with Gasteiger partial charge in [-0.2, -0.15) is 0 Å². The Morgan fingerprint density at radius 2 is 1.52 bits per heavy atom. The van der Waals surface area contributed by atoms with Crippen molar-refractivity contribution in [3.05, 3.63) is 53.6 Å². The van der Waals surface area contributed by atoms with Crippen LogP contribution in [0.3, 0.4) is 0 Å². The predicted octanol–water partition coefficient (Wildman–Crippen LogP) is 4.10. The summed E-state index contributed by atoms with van der Waals surface area (Å²) in [5, 5.41) is 15.0. The van der Waals surface area contributed by atoms with Crippen molar-refractivity contribution in [3.63, 3.8) is 0 Å². The largest absolute Gasteiger partial charge is 0.497 e. The Kier molecular flexibility index (Phi) is 7.54. The molecule has 8 heteroatoms. The number of nitrogens with one attached hydrogen (secondary N) is 2. The zero-order valence-electron chi connectivity index (χ0n) is 13.7. The molecule has 0 heterocycles. The second-order valence-electron chi connectivity index (χ2n) is 4.99. The van der Waals surface area contributed by atoms with Gasteiger partial charge in [0.05, 0.1) is 7.11 Å². The highest BCUT2D eigenvalue weighted by Crippen LogP contribution is 2.37. The van der Waals surface area contributed by atoms with Crippen LogP contribution in [0.4, 0.5) is 0 Å². The van der Waals surface area contributed by atoms with Crippen LogP contribution in [0.2, 0.25) is 0 Å². The molecule has 0 fully saturated rings. The third kappa shape index (κ3) is 6.22. The van der Waals surface area contributed by atoms with E-state index in [0.717, 1.165) is 26.7 Å². The van der Waals surface area contributed by atoms with E-state index in [4.69, 9.17) is 27.0 Å². The quantitative estimate of drug-likeness (QED) is 0.417. The van der Waals surface area contributed by atoms with Crippen LogP contribution in [0, 0.1) is 10.8 Å². The Morgan fingerprint density at radius 3 is 2.16 bits per heavy atom. The van der Waals surface area contributed by atoms with Crippen molar-refractivity contribution in [1.82, 2.24) is 0 Å². The maximum atomic E-state index is 7.43. The fourth-order valence-corrected chi connectivity index (χ4v) is 4.40. The minimum Gasteiger partial charge on any atom is -0.497 e. The van der Waals surface area contributed by atoms with Crippen LogP contribution in [0.15, 0.2) is 52.3 Å². The third-order valence-electron chi connectivity index (χ3n) is 3.23. The monoisotopic (exact) mass is 392 g/mol. The molecular formula is C17H20N4OS3. The second kappa shape index (κ2) is 9.65. The molecule has 0 unspecified atom stereocenters. The maximum absolute atomic E-state index is 7.43. The lowest BCUT2D eigenvalue weighted by Crippen LogP contribution is -2.04. The minimum atomic E-state index is 0.0945. The number of benzene rings is 2. The zero-order valence-corrected chi connectivity index (χ0v) is 16.2. The van der Waals surface area contributed by atoms with Gasteiger partial charge in [-0.3, -0.25) is 10.8 Å². The van der Waals surface area contributed by atoms with Gasteiger partial charge in [-0.25, -0.2) is 0 Å². The van der Waals surface area contributed by atoms with Gasteiger partial charge in [0.1, 0.15) is 5.75 Å². The molecule has 6 N–H and O–H groups in total. The highest BCUT2D eigenvalue weighted by Gasteiger charge is 2.10. The SMILES string of the molecule is COc1ccc(Sc2ccccc2CSC(=N)N)c(CSC(=N)N)c1. The van der Waals surface area contributed by atoms with Gasteiger partial charge in [0.15, 0.2) is 10.3 Å². The van der Waals surface area contributed by atoms with Crippen LogP contribution in [0.25, 0.3) is 0 Å². The van der Waals surface area contributed by atoms with Crippen LogP contribution in [0.5, 0.6) is 5.75 Å². The first-order valence-corrected chi connectivity index (χ1v) is 10.1. The molecule has 0 bridgehead atoms. The second-order valence-corrected chi connectivity index (χ2v) is 8.11. The molecule has 0 atom stereocenters. The normalized spacial score (nSPS) is 10.4. The van der Waals surface area contributed by atoms with Gasteiger partial charge in [-0.1, -0.05) is 53.5 Å². The number of nitrogens with two attached hydrogens (primary N) is 2. The molecular weight excluding hydrogens is 372 g/mol. The Bertz CT molecular complexity index is 767. The molecule has 0 amide bonds. The summed E-state index contributed by atoms with van der Waals surface area (Å²) in [6.07, 6.45) is 0. The van der Waals surface area contributed by atoms with E-state index in [1.807, 2.05) is 36.4 Å². The van der Waals surface area contributed by atoms with E-state index >= 15 is 0 Å². The zero-order chi connectivity index (χ0) is 18.2. The fraction of sp³-hybridized carbons (Fsp3) is 0.176. The number of hydrogen-bond donors (Lipinski definition) is 4. The number of methoxy groups -OCH3 is 1. The minimum absolute atomic E-state index is 0.0945. The average molecular weight is 393 g/mol. The van der Waals surface area contributed by atoms with E-state index in [9.17, 15) is 0 Å². The maximum Gasteiger partial charge on any atom is 0.151 e. The molecule has 0 radical (unpaired) electrons. The predicted molar refractivity (Wildman–Crippen MR) is 110 cm³/mol. The van der Waals surface area contributed by atoms with E-state index in [0.29, 0.717) is 11.5 Å². The van der Waals surface area contributed by atoms with Crippen molar-refractivity contribution in [1.29, 1.82) is 10.8 Å². The Labute approximate surface area is 160 Å². The van der Waals surface area contributed by atoms with Crippen molar-refractivity contribution in [2.75, 3.05) is 7.11 Å². The van der Waals surface area contributed by atoms with Crippen LogP contribution in [-0.2, 0) is 11.5 Å². The molecule has 2 aromatic rings. The molecule has 5 nitrogen and oxygen atoms in total. The molecule has 0 saturated heterocycles. The van der Waals surface area contributed by atoms with Crippen molar-refractivity contribution in [2.45, 2.75) is 21.3 Å². The molecule has 132 valence electrons. The van der Waals surface area contributed by atoms with Crippen molar-refractivity contribution >= 4 is 45.6 Å². The van der Waals surface area contributed by atoms with Gasteiger partial charge < -0.3 is 16.2 Å². The summed E-state index contributed by atoms with van der Waals surface area (Å²) in [4.78, 5) is 2.21. The van der Waals surface area contributed by atoms with E-state index in [2.05, 4.69) is 6.07 Å². The topological polar surface area (TPSA) is 109 Å². The molecule has 0 saturated carbocycles. The standard InChI is InChI=1S/C17H20N4OS3/c1-22-13-6-7-15(12(8-13)10-24-17(20)21)25-14-5-3-2-4-11(14)9-23-16(18)19/h2-8H,9-10H2,1H3,(H3,18,19)(H3,20,21). The first-order valence-electron chi connectivity index (χ1n) is 7.36. The number of rotatable bonds is 7. The van der Waals surface area contributed by atoms with E-state index in [1.165, 1.54) is 23.5 Å². The van der Waals surface area contributed by atoms with Crippen LogP contribution in [-0.4, -0.2) is 17.4 Å². The average Bonchev–Trinajstić information content (AvgIpc) is 2.59. The first kappa shape index (κ1) is 19.6. The summed E-state index contributed by atoms with van der Waals surface area (Å²) in [6.45, 7) is 0. The Balaban J connectivity index is 2.27. The summed E-state index contributed by atoms with van der Waals surface area (Å²) >= 11 is 4.26. The molecule has 0 aliphatic carbocycles. The van der Waals surface area contributed by atoms with E-state index in [1.54, 1.807) is 18.9 Å². The lowest BCUT2D eigenvalue weighted by molar-refractivity contribution is 0.414. The van der Waals surface area contributed by atoms with Crippen molar-refractivity contribution < 1.29 is 4.74 Å². The highest BCUT2D eigenvalue weighted by atomic mass is 32.2. The smallest absolute Gasteiger partial charge is 0.151 e. The van der Waals surface area contributed by atoms with Crippen molar-refractivity contribution in [3.8, 4) is 5.75 Å². The van der Waals surface area contributed by atoms with Gasteiger partial charge in [0, 0.05) is 21.3 Å². The molecule has 0 spiro atoms. The summed E-state index contributed by atoms with van der Waals surface area (Å²) in [6, 6.07) is 14.0. The van der Waals surface area contributed by atoms with Gasteiger partial charge in [-0.15, -0.1) is 0 Å². The summed E-state index contributed by atoms with van der Waals surface area (Å²) < 4.78 is 5.31. The Hall–Kier alpha value is -1.77.